The van der Waals surface area contributed by atoms with Crippen molar-refractivity contribution >= 4 is 11.8 Å². The molecule has 22 heavy (non-hydrogen) atoms. The van der Waals surface area contributed by atoms with Gasteiger partial charge in [-0.2, -0.15) is 10.2 Å². The van der Waals surface area contributed by atoms with Gasteiger partial charge in [-0.05, 0) is 25.1 Å². The predicted octanol–water partition coefficient (Wildman–Crippen LogP) is 2.75. The number of nitrogens with two attached hydrogens (primary N) is 2. The number of aryl methyl sites for hydroxylation is 1. The molecule has 2 aromatic heterocycles. The number of furan rings is 1. The summed E-state index contributed by atoms with van der Waals surface area (Å²) in [6.45, 7) is 1.88. The maximum Gasteiger partial charge on any atom is 0.222 e. The molecule has 0 spiro atoms. The summed E-state index contributed by atoms with van der Waals surface area (Å²) >= 11 is 0. The smallest absolute Gasteiger partial charge is 0.222 e. The Hall–Kier alpha value is -3.33. The Kier molecular flexibility index (Phi) is 3.24. The Bertz CT molecular complexity index is 892. The fourth-order valence-corrected chi connectivity index (χ4v) is 2.22. The molecule has 3 aromatic rings. The normalized spacial score (nSPS) is 10.4. The maximum absolute atomic E-state index is 9.27. The van der Waals surface area contributed by atoms with E-state index in [1.807, 2.05) is 49.4 Å². The predicted molar refractivity (Wildman–Crippen MR) is 83.4 cm³/mol. The van der Waals surface area contributed by atoms with E-state index in [9.17, 15) is 5.26 Å². The van der Waals surface area contributed by atoms with Gasteiger partial charge in [0.05, 0.1) is 5.69 Å². The summed E-state index contributed by atoms with van der Waals surface area (Å²) < 4.78 is 5.62. The van der Waals surface area contributed by atoms with Gasteiger partial charge in [0.1, 0.15) is 29.0 Å². The first-order valence-corrected chi connectivity index (χ1v) is 6.59. The standard InChI is InChI=1S/C16H13N5O/c1-9-5-6-13(22-9)10-3-2-4-11(7-10)14-12(8-17)15(18)21-16(19)20-14/h2-7H,1H3,(H4,18,19,20,21). The monoisotopic (exact) mass is 291 g/mol. The van der Waals surface area contributed by atoms with Crippen LogP contribution >= 0.6 is 0 Å². The molecule has 0 saturated carbocycles. The molecule has 0 atom stereocenters. The largest absolute Gasteiger partial charge is 0.461 e. The van der Waals surface area contributed by atoms with Crippen LogP contribution in [0.15, 0.2) is 40.8 Å². The third-order valence-corrected chi connectivity index (χ3v) is 3.23. The third-order valence-electron chi connectivity index (χ3n) is 3.23. The maximum atomic E-state index is 9.27. The summed E-state index contributed by atoms with van der Waals surface area (Å²) in [6.07, 6.45) is 0. The molecule has 0 radical (unpaired) electrons. The molecule has 108 valence electrons. The number of benzene rings is 1. The van der Waals surface area contributed by atoms with Gasteiger partial charge in [-0.15, -0.1) is 0 Å². The first-order chi connectivity index (χ1) is 10.6. The lowest BCUT2D eigenvalue weighted by Gasteiger charge is -2.07. The van der Waals surface area contributed by atoms with Crippen molar-refractivity contribution in [2.75, 3.05) is 11.5 Å². The number of aromatic nitrogens is 2. The quantitative estimate of drug-likeness (QED) is 0.750. The molecule has 0 aliphatic heterocycles. The van der Waals surface area contributed by atoms with Gasteiger partial charge in [-0.3, -0.25) is 0 Å². The van der Waals surface area contributed by atoms with E-state index in [0.29, 0.717) is 5.69 Å². The van der Waals surface area contributed by atoms with E-state index >= 15 is 0 Å². The van der Waals surface area contributed by atoms with E-state index in [-0.39, 0.29) is 17.3 Å². The van der Waals surface area contributed by atoms with Crippen molar-refractivity contribution in [1.82, 2.24) is 9.97 Å². The average molecular weight is 291 g/mol. The van der Waals surface area contributed by atoms with Crippen LogP contribution in [0.4, 0.5) is 11.8 Å². The summed E-state index contributed by atoms with van der Waals surface area (Å²) in [5, 5.41) is 9.27. The van der Waals surface area contributed by atoms with E-state index in [1.165, 1.54) is 0 Å². The van der Waals surface area contributed by atoms with Gasteiger partial charge in [0.2, 0.25) is 5.95 Å². The summed E-state index contributed by atoms with van der Waals surface area (Å²) in [7, 11) is 0. The van der Waals surface area contributed by atoms with Crippen LogP contribution in [-0.2, 0) is 0 Å². The zero-order valence-corrected chi connectivity index (χ0v) is 11.9. The van der Waals surface area contributed by atoms with Gasteiger partial charge in [0.25, 0.3) is 0 Å². The lowest BCUT2D eigenvalue weighted by Crippen LogP contribution is -2.04. The lowest BCUT2D eigenvalue weighted by molar-refractivity contribution is 0.548. The Morgan fingerprint density at radius 3 is 2.55 bits per heavy atom. The molecule has 0 aliphatic carbocycles. The van der Waals surface area contributed by atoms with E-state index < -0.39 is 0 Å². The van der Waals surface area contributed by atoms with Crippen LogP contribution in [0.25, 0.3) is 22.6 Å². The van der Waals surface area contributed by atoms with Gasteiger partial charge in [-0.25, -0.2) is 4.98 Å². The molecular formula is C16H13N5O. The number of hydrogen-bond donors (Lipinski definition) is 2. The van der Waals surface area contributed by atoms with Gasteiger partial charge in [0, 0.05) is 11.1 Å². The first-order valence-electron chi connectivity index (χ1n) is 6.59. The fourth-order valence-electron chi connectivity index (χ4n) is 2.22. The van der Waals surface area contributed by atoms with Crippen LogP contribution in [0, 0.1) is 18.3 Å². The first kappa shape index (κ1) is 13.6. The molecule has 0 bridgehead atoms. The minimum Gasteiger partial charge on any atom is -0.461 e. The number of rotatable bonds is 2. The SMILES string of the molecule is Cc1ccc(-c2cccc(-c3nc(N)nc(N)c3C#N)c2)o1. The number of nitrogens with zero attached hydrogens (tertiary/aromatic N) is 3. The summed E-state index contributed by atoms with van der Waals surface area (Å²) in [4.78, 5) is 7.97. The zero-order chi connectivity index (χ0) is 15.7. The highest BCUT2D eigenvalue weighted by Gasteiger charge is 2.14. The topological polar surface area (TPSA) is 115 Å². The van der Waals surface area contributed by atoms with Crippen molar-refractivity contribution < 1.29 is 4.42 Å². The van der Waals surface area contributed by atoms with Crippen LogP contribution in [-0.4, -0.2) is 9.97 Å². The van der Waals surface area contributed by atoms with Crippen LogP contribution in [0.1, 0.15) is 11.3 Å². The highest BCUT2D eigenvalue weighted by Crippen LogP contribution is 2.30. The summed E-state index contributed by atoms with van der Waals surface area (Å²) in [6, 6.07) is 13.3. The number of anilines is 2. The molecule has 0 saturated heterocycles. The summed E-state index contributed by atoms with van der Waals surface area (Å²) in [5.74, 6) is 1.68. The number of hydrogen-bond acceptors (Lipinski definition) is 6. The molecule has 3 rings (SSSR count). The van der Waals surface area contributed by atoms with Crippen LogP contribution < -0.4 is 11.5 Å². The number of nitrogen functional groups attached to an aromatic ring is 2. The van der Waals surface area contributed by atoms with Crippen molar-refractivity contribution in [3.63, 3.8) is 0 Å². The Labute approximate surface area is 127 Å². The van der Waals surface area contributed by atoms with Crippen LogP contribution in [0.2, 0.25) is 0 Å². The molecule has 2 heterocycles. The zero-order valence-electron chi connectivity index (χ0n) is 11.9. The molecule has 4 N–H and O–H groups in total. The number of nitriles is 1. The molecule has 6 heteroatoms. The molecule has 0 fully saturated rings. The lowest BCUT2D eigenvalue weighted by atomic mass is 10.0. The van der Waals surface area contributed by atoms with Crippen LogP contribution in [0.3, 0.4) is 0 Å². The van der Waals surface area contributed by atoms with Crippen LogP contribution in [0.5, 0.6) is 0 Å². The molecule has 0 amide bonds. The Balaban J connectivity index is 2.16. The molecule has 0 aliphatic rings. The van der Waals surface area contributed by atoms with Crippen molar-refractivity contribution in [1.29, 1.82) is 5.26 Å². The Morgan fingerprint density at radius 1 is 1.09 bits per heavy atom. The average Bonchev–Trinajstić information content (AvgIpc) is 2.93. The Morgan fingerprint density at radius 2 is 1.86 bits per heavy atom. The molecule has 0 unspecified atom stereocenters. The van der Waals surface area contributed by atoms with E-state index in [0.717, 1.165) is 22.6 Å². The van der Waals surface area contributed by atoms with Crippen molar-refractivity contribution in [2.45, 2.75) is 6.92 Å². The van der Waals surface area contributed by atoms with Gasteiger partial charge < -0.3 is 15.9 Å². The molecule has 6 nitrogen and oxygen atoms in total. The molecule has 1 aromatic carbocycles. The van der Waals surface area contributed by atoms with Gasteiger partial charge in [0.15, 0.2) is 0 Å². The second-order valence-electron chi connectivity index (χ2n) is 4.79. The minimum absolute atomic E-state index is 0.0331. The second-order valence-corrected chi connectivity index (χ2v) is 4.79. The van der Waals surface area contributed by atoms with E-state index in [1.54, 1.807) is 0 Å². The van der Waals surface area contributed by atoms with E-state index in [2.05, 4.69) is 9.97 Å². The van der Waals surface area contributed by atoms with Gasteiger partial charge >= 0.3 is 0 Å². The van der Waals surface area contributed by atoms with Crippen molar-refractivity contribution in [2.24, 2.45) is 0 Å². The highest BCUT2D eigenvalue weighted by atomic mass is 16.3. The van der Waals surface area contributed by atoms with Crippen molar-refractivity contribution in [3.05, 3.63) is 47.7 Å². The minimum atomic E-state index is 0.0331. The van der Waals surface area contributed by atoms with E-state index in [4.69, 9.17) is 15.9 Å². The second kappa shape index (κ2) is 5.22. The molecular weight excluding hydrogens is 278 g/mol. The van der Waals surface area contributed by atoms with Crippen molar-refractivity contribution in [3.8, 4) is 28.7 Å². The van der Waals surface area contributed by atoms with Gasteiger partial charge in [-0.1, -0.05) is 18.2 Å². The highest BCUT2D eigenvalue weighted by molar-refractivity contribution is 5.76. The third kappa shape index (κ3) is 2.36. The fraction of sp³-hybridized carbons (Fsp3) is 0.0625. The summed E-state index contributed by atoms with van der Waals surface area (Å²) in [5.41, 5.74) is 13.6.